The van der Waals surface area contributed by atoms with E-state index in [-0.39, 0.29) is 11.5 Å². The molecule has 2 aromatic heterocycles. The summed E-state index contributed by atoms with van der Waals surface area (Å²) in [4.78, 5) is 31.1. The van der Waals surface area contributed by atoms with Gasteiger partial charge in [0, 0.05) is 11.0 Å². The first-order valence-corrected chi connectivity index (χ1v) is 6.27. The summed E-state index contributed by atoms with van der Waals surface area (Å²) in [6.07, 6.45) is 2.92. The van der Waals surface area contributed by atoms with Crippen molar-refractivity contribution in [2.24, 2.45) is 0 Å². The Hall–Kier alpha value is -1.95. The molecule has 0 saturated heterocycles. The van der Waals surface area contributed by atoms with Gasteiger partial charge in [-0.05, 0) is 19.9 Å². The summed E-state index contributed by atoms with van der Waals surface area (Å²) < 4.78 is 0. The van der Waals surface area contributed by atoms with E-state index in [1.54, 1.807) is 12.1 Å². The summed E-state index contributed by atoms with van der Waals surface area (Å²) in [5.74, 6) is -0.130. The van der Waals surface area contributed by atoms with Gasteiger partial charge in [0.1, 0.15) is 4.83 Å². The maximum absolute atomic E-state index is 11.5. The van der Waals surface area contributed by atoms with Gasteiger partial charge in [-0.25, -0.2) is 4.98 Å². The van der Waals surface area contributed by atoms with Gasteiger partial charge >= 0.3 is 0 Å². The smallest absolute Gasteiger partial charge is 0.259 e. The first-order valence-electron chi connectivity index (χ1n) is 5.45. The number of thiophene rings is 1. The van der Waals surface area contributed by atoms with Gasteiger partial charge in [-0.2, -0.15) is 0 Å². The average Bonchev–Trinajstić information content (AvgIpc) is 2.70. The van der Waals surface area contributed by atoms with Gasteiger partial charge in [0.05, 0.1) is 18.3 Å². The lowest BCUT2D eigenvalue weighted by Gasteiger charge is -1.99. The lowest BCUT2D eigenvalue weighted by atomic mass is 10.3. The SMILES string of the molecule is CC(C)=CC(=O)NCc1cc2c(=O)[nH]cnc2s1. The molecule has 0 saturated carbocycles. The normalized spacial score (nSPS) is 10.3. The Bertz CT molecular complexity index is 665. The van der Waals surface area contributed by atoms with Crippen molar-refractivity contribution in [3.8, 4) is 0 Å². The molecule has 2 heterocycles. The van der Waals surface area contributed by atoms with E-state index in [2.05, 4.69) is 15.3 Å². The van der Waals surface area contributed by atoms with Gasteiger partial charge in [0.15, 0.2) is 0 Å². The van der Waals surface area contributed by atoms with Crippen molar-refractivity contribution in [3.63, 3.8) is 0 Å². The van der Waals surface area contributed by atoms with Crippen LogP contribution < -0.4 is 10.9 Å². The molecule has 6 heteroatoms. The van der Waals surface area contributed by atoms with Crippen LogP contribution in [0.5, 0.6) is 0 Å². The Kier molecular flexibility index (Phi) is 3.57. The number of aromatic nitrogens is 2. The minimum Gasteiger partial charge on any atom is -0.348 e. The van der Waals surface area contributed by atoms with Crippen LogP contribution in [0.25, 0.3) is 10.2 Å². The molecule has 2 N–H and O–H groups in total. The molecule has 18 heavy (non-hydrogen) atoms. The highest BCUT2D eigenvalue weighted by molar-refractivity contribution is 7.18. The molecular weight excluding hydrogens is 250 g/mol. The van der Waals surface area contributed by atoms with Crippen LogP contribution in [0, 0.1) is 0 Å². The third-order valence-electron chi connectivity index (χ3n) is 2.24. The molecule has 1 amide bonds. The number of rotatable bonds is 3. The summed E-state index contributed by atoms with van der Waals surface area (Å²) >= 11 is 1.41. The summed E-state index contributed by atoms with van der Waals surface area (Å²) in [5, 5.41) is 3.33. The topological polar surface area (TPSA) is 74.8 Å². The van der Waals surface area contributed by atoms with Crippen LogP contribution in [0.1, 0.15) is 18.7 Å². The van der Waals surface area contributed by atoms with Crippen LogP contribution in [0.15, 0.2) is 28.8 Å². The van der Waals surface area contributed by atoms with Crippen molar-refractivity contribution in [2.75, 3.05) is 0 Å². The quantitative estimate of drug-likeness (QED) is 0.825. The summed E-state index contributed by atoms with van der Waals surface area (Å²) in [6.45, 7) is 4.13. The fraction of sp³-hybridized carbons (Fsp3) is 0.250. The van der Waals surface area contributed by atoms with E-state index in [4.69, 9.17) is 0 Å². The van der Waals surface area contributed by atoms with Gasteiger partial charge in [-0.3, -0.25) is 9.59 Å². The van der Waals surface area contributed by atoms with Crippen LogP contribution in [0.3, 0.4) is 0 Å². The third kappa shape index (κ3) is 2.84. The average molecular weight is 263 g/mol. The van der Waals surface area contributed by atoms with Gasteiger partial charge in [-0.15, -0.1) is 11.3 Å². The van der Waals surface area contributed by atoms with Crippen LogP contribution in [0.2, 0.25) is 0 Å². The number of allylic oxidation sites excluding steroid dienone is 1. The minimum atomic E-state index is -0.155. The van der Waals surface area contributed by atoms with Gasteiger partial charge in [0.25, 0.3) is 5.56 Å². The zero-order chi connectivity index (χ0) is 13.1. The first-order chi connectivity index (χ1) is 8.56. The number of aromatic amines is 1. The summed E-state index contributed by atoms with van der Waals surface area (Å²) in [7, 11) is 0. The molecule has 0 unspecified atom stereocenters. The van der Waals surface area contributed by atoms with E-state index in [0.717, 1.165) is 10.5 Å². The second kappa shape index (κ2) is 5.14. The second-order valence-electron chi connectivity index (χ2n) is 4.10. The number of carbonyl (C=O) groups excluding carboxylic acids is 1. The maximum atomic E-state index is 11.5. The van der Waals surface area contributed by atoms with Crippen LogP contribution in [0.4, 0.5) is 0 Å². The summed E-state index contributed by atoms with van der Waals surface area (Å²) in [5.41, 5.74) is 0.792. The third-order valence-corrected chi connectivity index (χ3v) is 3.29. The molecule has 0 atom stereocenters. The number of amides is 1. The molecule has 0 radical (unpaired) electrons. The zero-order valence-electron chi connectivity index (χ0n) is 10.1. The van der Waals surface area contributed by atoms with E-state index in [1.165, 1.54) is 17.7 Å². The van der Waals surface area contributed by atoms with E-state index >= 15 is 0 Å². The summed E-state index contributed by atoms with van der Waals surface area (Å²) in [6, 6.07) is 1.76. The monoisotopic (exact) mass is 263 g/mol. The number of hydrogen-bond acceptors (Lipinski definition) is 4. The van der Waals surface area contributed by atoms with Crippen molar-refractivity contribution in [2.45, 2.75) is 20.4 Å². The fourth-order valence-electron chi connectivity index (χ4n) is 1.49. The number of fused-ring (bicyclic) bond motifs is 1. The number of nitrogens with zero attached hydrogens (tertiary/aromatic N) is 1. The lowest BCUT2D eigenvalue weighted by molar-refractivity contribution is -0.116. The number of carbonyl (C=O) groups is 1. The number of H-pyrrole nitrogens is 1. The van der Waals surface area contributed by atoms with E-state index in [0.29, 0.717) is 16.8 Å². The molecule has 0 aromatic carbocycles. The first kappa shape index (κ1) is 12.5. The molecule has 0 fully saturated rings. The molecule has 0 bridgehead atoms. The maximum Gasteiger partial charge on any atom is 0.259 e. The van der Waals surface area contributed by atoms with Gasteiger partial charge in [0.2, 0.25) is 5.91 Å². The highest BCUT2D eigenvalue weighted by Crippen LogP contribution is 2.19. The molecule has 94 valence electrons. The molecule has 2 rings (SSSR count). The highest BCUT2D eigenvalue weighted by Gasteiger charge is 2.06. The lowest BCUT2D eigenvalue weighted by Crippen LogP contribution is -2.19. The van der Waals surface area contributed by atoms with Crippen molar-refractivity contribution >= 4 is 27.5 Å². The van der Waals surface area contributed by atoms with E-state index in [9.17, 15) is 9.59 Å². The van der Waals surface area contributed by atoms with Crippen molar-refractivity contribution < 1.29 is 4.79 Å². The molecule has 0 aliphatic rings. The van der Waals surface area contributed by atoms with Crippen molar-refractivity contribution in [1.29, 1.82) is 0 Å². The van der Waals surface area contributed by atoms with E-state index in [1.807, 2.05) is 13.8 Å². The Labute approximate surface area is 108 Å². The molecule has 5 nitrogen and oxygen atoms in total. The van der Waals surface area contributed by atoms with Gasteiger partial charge < -0.3 is 10.3 Å². The Balaban J connectivity index is 2.14. The minimum absolute atomic E-state index is 0.130. The van der Waals surface area contributed by atoms with E-state index < -0.39 is 0 Å². The van der Waals surface area contributed by atoms with Crippen LogP contribution >= 0.6 is 11.3 Å². The van der Waals surface area contributed by atoms with Crippen molar-refractivity contribution in [1.82, 2.24) is 15.3 Å². The standard InChI is InChI=1S/C12H13N3O2S/c1-7(2)3-10(16)13-5-8-4-9-11(17)14-6-15-12(9)18-8/h3-4,6H,5H2,1-2H3,(H,13,16)(H,14,15,17). The molecule has 0 spiro atoms. The van der Waals surface area contributed by atoms with Gasteiger partial charge in [-0.1, -0.05) is 5.57 Å². The molecule has 2 aromatic rings. The predicted molar refractivity (Wildman–Crippen MR) is 71.5 cm³/mol. The van der Waals surface area contributed by atoms with Crippen molar-refractivity contribution in [3.05, 3.63) is 39.3 Å². The number of hydrogen-bond donors (Lipinski definition) is 2. The van der Waals surface area contributed by atoms with Crippen LogP contribution in [-0.4, -0.2) is 15.9 Å². The molecule has 0 aliphatic heterocycles. The largest absolute Gasteiger partial charge is 0.348 e. The Morgan fingerprint density at radius 2 is 2.33 bits per heavy atom. The second-order valence-corrected chi connectivity index (χ2v) is 5.22. The zero-order valence-corrected chi connectivity index (χ0v) is 10.9. The predicted octanol–water partition coefficient (Wildman–Crippen LogP) is 1.57. The van der Waals surface area contributed by atoms with Crippen LogP contribution in [-0.2, 0) is 11.3 Å². The molecule has 0 aliphatic carbocycles. The fourth-order valence-corrected chi connectivity index (χ4v) is 2.43. The number of nitrogens with one attached hydrogen (secondary N) is 2. The Morgan fingerprint density at radius 1 is 1.56 bits per heavy atom. The highest BCUT2D eigenvalue weighted by atomic mass is 32.1. The molecular formula is C12H13N3O2S. The Morgan fingerprint density at radius 3 is 3.00 bits per heavy atom.